The highest BCUT2D eigenvalue weighted by atomic mass is 35.5. The van der Waals surface area contributed by atoms with Gasteiger partial charge in [-0.25, -0.2) is 4.79 Å². The molecule has 0 spiro atoms. The fraction of sp³-hybridized carbons (Fsp3) is 0.200. The lowest BCUT2D eigenvalue weighted by atomic mass is 10.1. The lowest BCUT2D eigenvalue weighted by Crippen LogP contribution is -2.17. The third-order valence-electron chi connectivity index (χ3n) is 1.66. The zero-order valence-electron chi connectivity index (χ0n) is 7.99. The normalized spacial score (nSPS) is 9.73. The number of hydrogen-bond donors (Lipinski definition) is 1. The van der Waals surface area contributed by atoms with Gasteiger partial charge in [0.2, 0.25) is 0 Å². The molecule has 15 heavy (non-hydrogen) atoms. The van der Waals surface area contributed by atoms with Crippen LogP contribution in [-0.4, -0.2) is 23.5 Å². The summed E-state index contributed by atoms with van der Waals surface area (Å²) < 4.78 is 4.52. The van der Waals surface area contributed by atoms with E-state index in [2.05, 4.69) is 4.74 Å². The Morgan fingerprint density at radius 1 is 1.47 bits per heavy atom. The Labute approximate surface area is 91.4 Å². The van der Waals surface area contributed by atoms with Gasteiger partial charge >= 0.3 is 5.97 Å². The van der Waals surface area contributed by atoms with E-state index in [0.29, 0.717) is 0 Å². The Balaban J connectivity index is 3.00. The average molecular weight is 229 g/mol. The SMILES string of the molecule is CCOC(=O)C(=O)c1cc(O)ccc1Cl. The lowest BCUT2D eigenvalue weighted by molar-refractivity contribution is -0.137. The highest BCUT2D eigenvalue weighted by Gasteiger charge is 2.20. The summed E-state index contributed by atoms with van der Waals surface area (Å²) in [4.78, 5) is 22.5. The van der Waals surface area contributed by atoms with Gasteiger partial charge < -0.3 is 9.84 Å². The van der Waals surface area contributed by atoms with Gasteiger partial charge in [-0.05, 0) is 25.1 Å². The van der Waals surface area contributed by atoms with E-state index in [1.165, 1.54) is 12.1 Å². The molecule has 1 N–H and O–H groups in total. The standard InChI is InChI=1S/C10H9ClO4/c1-2-15-10(14)9(13)7-5-6(12)3-4-8(7)11/h3-5,12H,2H2,1H3. The van der Waals surface area contributed by atoms with Gasteiger partial charge in [0.05, 0.1) is 17.2 Å². The highest BCUT2D eigenvalue weighted by Crippen LogP contribution is 2.21. The van der Waals surface area contributed by atoms with Gasteiger partial charge in [-0.3, -0.25) is 4.79 Å². The first-order chi connectivity index (χ1) is 7.06. The number of phenols is 1. The molecule has 0 bridgehead atoms. The van der Waals surface area contributed by atoms with Crippen molar-refractivity contribution in [3.8, 4) is 5.75 Å². The second kappa shape index (κ2) is 4.79. The van der Waals surface area contributed by atoms with Gasteiger partial charge in [-0.2, -0.15) is 0 Å². The molecule has 0 heterocycles. The summed E-state index contributed by atoms with van der Waals surface area (Å²) in [5, 5.41) is 9.24. The average Bonchev–Trinajstić information content (AvgIpc) is 2.21. The van der Waals surface area contributed by atoms with Gasteiger partial charge in [-0.15, -0.1) is 0 Å². The molecule has 0 atom stereocenters. The third-order valence-corrected chi connectivity index (χ3v) is 1.98. The minimum absolute atomic E-state index is 0.0601. The van der Waals surface area contributed by atoms with Crippen LogP contribution in [0.4, 0.5) is 0 Å². The topological polar surface area (TPSA) is 63.6 Å². The summed E-state index contributed by atoms with van der Waals surface area (Å²) in [5.41, 5.74) is -0.0601. The molecular formula is C10H9ClO4. The molecule has 0 saturated carbocycles. The molecule has 0 aromatic heterocycles. The van der Waals surface area contributed by atoms with Crippen LogP contribution in [0.3, 0.4) is 0 Å². The number of carbonyl (C=O) groups is 2. The van der Waals surface area contributed by atoms with Crippen LogP contribution in [0, 0.1) is 0 Å². The van der Waals surface area contributed by atoms with E-state index in [9.17, 15) is 9.59 Å². The van der Waals surface area contributed by atoms with Gasteiger partial charge in [0, 0.05) is 0 Å². The summed E-state index contributed by atoms with van der Waals surface area (Å²) in [6.07, 6.45) is 0. The van der Waals surface area contributed by atoms with E-state index < -0.39 is 11.8 Å². The molecule has 1 aromatic rings. The first-order valence-corrected chi connectivity index (χ1v) is 4.64. The zero-order chi connectivity index (χ0) is 11.4. The molecule has 0 aliphatic carbocycles. The maximum atomic E-state index is 11.4. The van der Waals surface area contributed by atoms with E-state index >= 15 is 0 Å². The minimum atomic E-state index is -0.981. The Hall–Kier alpha value is -1.55. The molecule has 4 nitrogen and oxygen atoms in total. The van der Waals surface area contributed by atoms with Crippen LogP contribution >= 0.6 is 11.6 Å². The number of ether oxygens (including phenoxy) is 1. The molecule has 5 heteroatoms. The van der Waals surface area contributed by atoms with Crippen LogP contribution < -0.4 is 0 Å². The largest absolute Gasteiger partial charge is 0.508 e. The molecule has 0 aliphatic heterocycles. The van der Waals surface area contributed by atoms with Crippen LogP contribution in [0.1, 0.15) is 17.3 Å². The van der Waals surface area contributed by atoms with E-state index in [1.807, 2.05) is 0 Å². The number of rotatable bonds is 3. The van der Waals surface area contributed by atoms with Crippen molar-refractivity contribution in [2.45, 2.75) is 6.92 Å². The molecule has 0 aliphatic rings. The molecule has 0 unspecified atom stereocenters. The van der Waals surface area contributed by atoms with Gasteiger partial charge in [-0.1, -0.05) is 11.6 Å². The van der Waals surface area contributed by atoms with Crippen molar-refractivity contribution >= 4 is 23.4 Å². The summed E-state index contributed by atoms with van der Waals surface area (Å²) >= 11 is 5.70. The molecule has 0 fully saturated rings. The van der Waals surface area contributed by atoms with Gasteiger partial charge in [0.25, 0.3) is 5.78 Å². The quantitative estimate of drug-likeness (QED) is 0.487. The van der Waals surface area contributed by atoms with Crippen LogP contribution in [0.15, 0.2) is 18.2 Å². The maximum absolute atomic E-state index is 11.4. The number of carbonyl (C=O) groups excluding carboxylic acids is 2. The fourth-order valence-corrected chi connectivity index (χ4v) is 1.20. The van der Waals surface area contributed by atoms with Crippen LogP contribution in [0.2, 0.25) is 5.02 Å². The predicted octanol–water partition coefficient (Wildman–Crippen LogP) is 1.79. The van der Waals surface area contributed by atoms with E-state index in [4.69, 9.17) is 16.7 Å². The molecule has 1 rings (SSSR count). The van der Waals surface area contributed by atoms with Crippen molar-refractivity contribution in [1.82, 2.24) is 0 Å². The number of phenolic OH excluding ortho intramolecular Hbond substituents is 1. The van der Waals surface area contributed by atoms with Crippen LogP contribution in [-0.2, 0) is 9.53 Å². The number of ketones is 1. The molecular weight excluding hydrogens is 220 g/mol. The van der Waals surface area contributed by atoms with Crippen molar-refractivity contribution in [3.63, 3.8) is 0 Å². The van der Waals surface area contributed by atoms with Crippen LogP contribution in [0.5, 0.6) is 5.75 Å². The smallest absolute Gasteiger partial charge is 0.379 e. The monoisotopic (exact) mass is 228 g/mol. The molecule has 80 valence electrons. The molecule has 1 aromatic carbocycles. The van der Waals surface area contributed by atoms with Gasteiger partial charge in [0.1, 0.15) is 5.75 Å². The zero-order valence-corrected chi connectivity index (χ0v) is 8.75. The first kappa shape index (κ1) is 11.5. The van der Waals surface area contributed by atoms with E-state index in [-0.39, 0.29) is 22.9 Å². The number of halogens is 1. The third kappa shape index (κ3) is 2.70. The summed E-state index contributed by atoms with van der Waals surface area (Å²) in [7, 11) is 0. The fourth-order valence-electron chi connectivity index (χ4n) is 0.994. The highest BCUT2D eigenvalue weighted by molar-refractivity contribution is 6.45. The maximum Gasteiger partial charge on any atom is 0.379 e. The summed E-state index contributed by atoms with van der Waals surface area (Å²) in [6, 6.07) is 3.79. The van der Waals surface area contributed by atoms with E-state index in [1.54, 1.807) is 6.92 Å². The Morgan fingerprint density at radius 3 is 2.73 bits per heavy atom. The van der Waals surface area contributed by atoms with Crippen LogP contribution in [0.25, 0.3) is 0 Å². The number of benzene rings is 1. The second-order valence-corrected chi connectivity index (χ2v) is 3.12. The molecule has 0 amide bonds. The number of Topliss-reactive ketones (excluding diaryl/α,β-unsaturated/α-hetero) is 1. The predicted molar refractivity (Wildman–Crippen MR) is 54.1 cm³/mol. The number of hydrogen-bond acceptors (Lipinski definition) is 4. The summed E-state index contributed by atoms with van der Waals surface area (Å²) in [5.74, 6) is -1.98. The van der Waals surface area contributed by atoms with Crippen molar-refractivity contribution in [2.24, 2.45) is 0 Å². The Kier molecular flexibility index (Phi) is 3.68. The summed E-state index contributed by atoms with van der Waals surface area (Å²) in [6.45, 7) is 1.70. The Bertz CT molecular complexity index is 400. The van der Waals surface area contributed by atoms with Crippen molar-refractivity contribution < 1.29 is 19.4 Å². The van der Waals surface area contributed by atoms with Crippen molar-refractivity contribution in [2.75, 3.05) is 6.61 Å². The van der Waals surface area contributed by atoms with Gasteiger partial charge in [0.15, 0.2) is 0 Å². The number of esters is 1. The minimum Gasteiger partial charge on any atom is -0.508 e. The van der Waals surface area contributed by atoms with Crippen molar-refractivity contribution in [1.29, 1.82) is 0 Å². The molecule has 0 saturated heterocycles. The lowest BCUT2D eigenvalue weighted by Gasteiger charge is -2.03. The second-order valence-electron chi connectivity index (χ2n) is 2.71. The Morgan fingerprint density at radius 2 is 2.13 bits per heavy atom. The number of aromatic hydroxyl groups is 1. The molecule has 0 radical (unpaired) electrons. The van der Waals surface area contributed by atoms with E-state index in [0.717, 1.165) is 6.07 Å². The van der Waals surface area contributed by atoms with Crippen molar-refractivity contribution in [3.05, 3.63) is 28.8 Å². The first-order valence-electron chi connectivity index (χ1n) is 4.26.